The molecular weight excluding hydrogens is 170 g/mol. The lowest BCUT2D eigenvalue weighted by Gasteiger charge is -2.07. The molecule has 0 amide bonds. The molecule has 0 unspecified atom stereocenters. The van der Waals surface area contributed by atoms with Crippen LogP contribution < -0.4 is 4.90 Å². The lowest BCUT2D eigenvalue weighted by Crippen LogP contribution is -2.11. The van der Waals surface area contributed by atoms with Crippen molar-refractivity contribution in [3.63, 3.8) is 0 Å². The highest BCUT2D eigenvalue weighted by molar-refractivity contribution is 7.14. The van der Waals surface area contributed by atoms with Crippen LogP contribution in [0.2, 0.25) is 0 Å². The van der Waals surface area contributed by atoms with Gasteiger partial charge in [-0.15, -0.1) is 11.3 Å². The molecule has 0 aliphatic rings. The maximum atomic E-state index is 7.13. The molecule has 0 atom stereocenters. The first-order valence-electron chi connectivity index (χ1n) is 3.62. The van der Waals surface area contributed by atoms with Crippen LogP contribution in [-0.4, -0.2) is 11.3 Å². The topological polar surface area (TPSA) is 40.0 Å². The molecule has 0 spiro atoms. The van der Waals surface area contributed by atoms with Gasteiger partial charge in [-0.2, -0.15) is 0 Å². The van der Waals surface area contributed by atoms with Crippen molar-refractivity contribution in [3.8, 4) is 0 Å². The standard InChI is InChI=1S/C8H11N3S/c1-3-4-11(6-9)8-10-7(2)5-12-8/h3-6,9H,1-2H3/b4-3-,9-6?. The van der Waals surface area contributed by atoms with Crippen LogP contribution in [-0.2, 0) is 0 Å². The van der Waals surface area contributed by atoms with Crippen LogP contribution in [0.4, 0.5) is 5.13 Å². The number of nitrogens with zero attached hydrogens (tertiary/aromatic N) is 2. The Morgan fingerprint density at radius 1 is 1.67 bits per heavy atom. The smallest absolute Gasteiger partial charge is 0.194 e. The summed E-state index contributed by atoms with van der Waals surface area (Å²) in [4.78, 5) is 5.92. The maximum Gasteiger partial charge on any atom is 0.194 e. The van der Waals surface area contributed by atoms with Gasteiger partial charge in [0.05, 0.1) is 12.0 Å². The first-order valence-corrected chi connectivity index (χ1v) is 4.49. The Hall–Kier alpha value is -1.16. The predicted octanol–water partition coefficient (Wildman–Crippen LogP) is 2.40. The van der Waals surface area contributed by atoms with Crippen LogP contribution in [0.1, 0.15) is 12.6 Å². The Balaban J connectivity index is 2.86. The van der Waals surface area contributed by atoms with Crippen molar-refractivity contribution in [1.29, 1.82) is 5.41 Å². The molecule has 1 rings (SSSR count). The number of nitrogens with one attached hydrogen (secondary N) is 1. The van der Waals surface area contributed by atoms with Gasteiger partial charge < -0.3 is 0 Å². The summed E-state index contributed by atoms with van der Waals surface area (Å²) in [7, 11) is 0. The molecule has 0 aromatic carbocycles. The van der Waals surface area contributed by atoms with Crippen molar-refractivity contribution in [2.45, 2.75) is 13.8 Å². The minimum absolute atomic E-state index is 0.834. The monoisotopic (exact) mass is 181 g/mol. The Morgan fingerprint density at radius 3 is 2.83 bits per heavy atom. The second-order valence-corrected chi connectivity index (χ2v) is 3.13. The van der Waals surface area contributed by atoms with Gasteiger partial charge in [-0.3, -0.25) is 10.3 Å². The number of anilines is 1. The zero-order valence-corrected chi connectivity index (χ0v) is 7.93. The van der Waals surface area contributed by atoms with E-state index in [2.05, 4.69) is 4.98 Å². The van der Waals surface area contributed by atoms with Crippen LogP contribution >= 0.6 is 11.3 Å². The Kier molecular flexibility index (Phi) is 2.99. The number of thiazole rings is 1. The number of allylic oxidation sites excluding steroid dienone is 1. The number of rotatable bonds is 3. The van der Waals surface area contributed by atoms with Crippen molar-refractivity contribution < 1.29 is 0 Å². The minimum Gasteiger partial charge on any atom is -0.291 e. The van der Waals surface area contributed by atoms with Crippen LogP contribution in [0.3, 0.4) is 0 Å². The fourth-order valence-electron chi connectivity index (χ4n) is 0.783. The van der Waals surface area contributed by atoms with Gasteiger partial charge in [-0.1, -0.05) is 6.08 Å². The molecule has 0 aliphatic heterocycles. The van der Waals surface area contributed by atoms with E-state index in [1.807, 2.05) is 31.5 Å². The van der Waals surface area contributed by atoms with E-state index >= 15 is 0 Å². The SMILES string of the molecule is C/C=C\N(C=N)c1nc(C)cs1. The van der Waals surface area contributed by atoms with Gasteiger partial charge in [0.25, 0.3) is 0 Å². The summed E-state index contributed by atoms with van der Waals surface area (Å²) < 4.78 is 0. The molecule has 4 heteroatoms. The van der Waals surface area contributed by atoms with E-state index in [0.717, 1.165) is 10.8 Å². The number of aryl methyl sites for hydroxylation is 1. The van der Waals surface area contributed by atoms with E-state index in [1.54, 1.807) is 4.90 Å². The average Bonchev–Trinajstić information content (AvgIpc) is 2.47. The van der Waals surface area contributed by atoms with Crippen molar-refractivity contribution in [2.75, 3.05) is 4.90 Å². The third-order valence-corrected chi connectivity index (χ3v) is 2.25. The van der Waals surface area contributed by atoms with E-state index in [0.29, 0.717) is 0 Å². The van der Waals surface area contributed by atoms with E-state index in [4.69, 9.17) is 5.41 Å². The molecule has 0 aliphatic carbocycles. The zero-order chi connectivity index (χ0) is 8.97. The van der Waals surface area contributed by atoms with Crippen molar-refractivity contribution in [2.24, 2.45) is 0 Å². The summed E-state index contributed by atoms with van der Waals surface area (Å²) in [6.45, 7) is 3.86. The molecule has 1 aromatic rings. The molecule has 3 nitrogen and oxygen atoms in total. The highest BCUT2D eigenvalue weighted by Crippen LogP contribution is 2.18. The summed E-state index contributed by atoms with van der Waals surface area (Å²) >= 11 is 1.53. The van der Waals surface area contributed by atoms with Gasteiger partial charge in [0.15, 0.2) is 5.13 Å². The van der Waals surface area contributed by atoms with Gasteiger partial charge in [0.2, 0.25) is 0 Å². The fraction of sp³-hybridized carbons (Fsp3) is 0.250. The highest BCUT2D eigenvalue weighted by Gasteiger charge is 2.02. The molecule has 0 saturated carbocycles. The molecule has 1 N–H and O–H groups in total. The van der Waals surface area contributed by atoms with Crippen LogP contribution in [0.25, 0.3) is 0 Å². The molecule has 1 aromatic heterocycles. The lowest BCUT2D eigenvalue weighted by molar-refractivity contribution is 1.21. The van der Waals surface area contributed by atoms with Gasteiger partial charge in [0, 0.05) is 11.6 Å². The van der Waals surface area contributed by atoms with E-state index in [1.165, 1.54) is 17.7 Å². The van der Waals surface area contributed by atoms with E-state index in [9.17, 15) is 0 Å². The summed E-state index contributed by atoms with van der Waals surface area (Å²) in [5, 5.41) is 9.93. The first kappa shape index (κ1) is 8.93. The molecule has 0 radical (unpaired) electrons. The summed E-state index contributed by atoms with van der Waals surface area (Å²) in [5.74, 6) is 0. The van der Waals surface area contributed by atoms with E-state index < -0.39 is 0 Å². The Bertz CT molecular complexity index is 290. The third kappa shape index (κ3) is 1.92. The summed E-state index contributed by atoms with van der Waals surface area (Å²) in [6.07, 6.45) is 4.94. The lowest BCUT2D eigenvalue weighted by atomic mass is 10.6. The largest absolute Gasteiger partial charge is 0.291 e. The van der Waals surface area contributed by atoms with Crippen LogP contribution in [0.5, 0.6) is 0 Å². The normalized spacial score (nSPS) is 10.5. The number of aromatic nitrogens is 1. The molecule has 64 valence electrons. The summed E-state index contributed by atoms with van der Waals surface area (Å²) in [5.41, 5.74) is 0.992. The van der Waals surface area contributed by atoms with Crippen molar-refractivity contribution in [3.05, 3.63) is 23.3 Å². The minimum atomic E-state index is 0.834. The molecule has 0 saturated heterocycles. The van der Waals surface area contributed by atoms with Crippen LogP contribution in [0.15, 0.2) is 17.7 Å². The first-order chi connectivity index (χ1) is 5.77. The molecule has 1 heterocycles. The van der Waals surface area contributed by atoms with Gasteiger partial charge in [-0.05, 0) is 13.8 Å². The average molecular weight is 181 g/mol. The second-order valence-electron chi connectivity index (χ2n) is 2.29. The Labute approximate surface area is 75.9 Å². The molecular formula is C8H11N3S. The predicted molar refractivity (Wildman–Crippen MR) is 52.9 cm³/mol. The third-order valence-electron chi connectivity index (χ3n) is 1.28. The van der Waals surface area contributed by atoms with E-state index in [-0.39, 0.29) is 0 Å². The Morgan fingerprint density at radius 2 is 2.42 bits per heavy atom. The molecule has 0 fully saturated rings. The fourth-order valence-corrected chi connectivity index (χ4v) is 1.54. The molecule has 12 heavy (non-hydrogen) atoms. The zero-order valence-electron chi connectivity index (χ0n) is 7.11. The summed E-state index contributed by atoms with van der Waals surface area (Å²) in [6, 6.07) is 0. The highest BCUT2D eigenvalue weighted by atomic mass is 32.1. The number of hydrogen-bond acceptors (Lipinski definition) is 3. The van der Waals surface area contributed by atoms with Crippen molar-refractivity contribution in [1.82, 2.24) is 4.98 Å². The maximum absolute atomic E-state index is 7.13. The van der Waals surface area contributed by atoms with Gasteiger partial charge in [0.1, 0.15) is 0 Å². The second kappa shape index (κ2) is 4.01. The van der Waals surface area contributed by atoms with Gasteiger partial charge in [-0.25, -0.2) is 4.98 Å². The quantitative estimate of drug-likeness (QED) is 0.574. The van der Waals surface area contributed by atoms with Gasteiger partial charge >= 0.3 is 0 Å². The van der Waals surface area contributed by atoms with Crippen molar-refractivity contribution >= 4 is 22.8 Å². The number of hydrogen-bond donors (Lipinski definition) is 1. The van der Waals surface area contributed by atoms with Crippen LogP contribution in [0, 0.1) is 12.3 Å². The molecule has 0 bridgehead atoms.